The van der Waals surface area contributed by atoms with Gasteiger partial charge in [0.1, 0.15) is 6.33 Å². The van der Waals surface area contributed by atoms with E-state index in [2.05, 4.69) is 5.10 Å². The van der Waals surface area contributed by atoms with Crippen molar-refractivity contribution in [3.63, 3.8) is 0 Å². The Labute approximate surface area is 68.0 Å². The van der Waals surface area contributed by atoms with Crippen molar-refractivity contribution in [3.05, 3.63) is 27.0 Å². The summed E-state index contributed by atoms with van der Waals surface area (Å²) >= 11 is 0. The van der Waals surface area contributed by atoms with Crippen LogP contribution in [0.4, 0.5) is 0 Å². The fourth-order valence-corrected chi connectivity index (χ4v) is 0.809. The van der Waals surface area contributed by atoms with Crippen molar-refractivity contribution in [1.29, 1.82) is 0 Å². The molecule has 0 fully saturated rings. The number of nitrogens with zero attached hydrogens (tertiary/aromatic N) is 2. The Hall–Kier alpha value is -1.43. The molecule has 0 unspecified atom stereocenters. The molecule has 0 aliphatic heterocycles. The molecule has 1 aromatic heterocycles. The molecule has 0 saturated heterocycles. The Balaban J connectivity index is 2.93. The number of aromatic amines is 1. The molecule has 0 radical (unpaired) electrons. The third-order valence-corrected chi connectivity index (χ3v) is 1.42. The fourth-order valence-electron chi connectivity index (χ4n) is 0.809. The Morgan fingerprint density at radius 1 is 1.58 bits per heavy atom. The van der Waals surface area contributed by atoms with Gasteiger partial charge in [-0.25, -0.2) is 5.10 Å². The Morgan fingerprint density at radius 3 is 3.00 bits per heavy atom. The van der Waals surface area contributed by atoms with Gasteiger partial charge in [0.15, 0.2) is 0 Å². The van der Waals surface area contributed by atoms with Gasteiger partial charge >= 0.3 is 11.1 Å². The molecule has 0 spiro atoms. The van der Waals surface area contributed by atoms with Crippen LogP contribution in [-0.4, -0.2) is 21.3 Å². The van der Waals surface area contributed by atoms with Gasteiger partial charge in [0.05, 0.1) is 0 Å². The second-order valence-corrected chi connectivity index (χ2v) is 2.33. The summed E-state index contributed by atoms with van der Waals surface area (Å²) in [5, 5.41) is 5.53. The summed E-state index contributed by atoms with van der Waals surface area (Å²) in [5.41, 5.74) is 3.96. The molecule has 1 aromatic rings. The minimum absolute atomic E-state index is 0.437. The van der Waals surface area contributed by atoms with Gasteiger partial charge in [0.2, 0.25) is 0 Å². The average Bonchev–Trinajstić information content (AvgIpc) is 2.08. The molecular formula is C6H10N4O2. The summed E-state index contributed by atoms with van der Waals surface area (Å²) in [4.78, 5) is 21.7. The molecule has 3 N–H and O–H groups in total. The van der Waals surface area contributed by atoms with E-state index in [1.165, 1.54) is 10.9 Å². The van der Waals surface area contributed by atoms with Crippen LogP contribution in [0.2, 0.25) is 0 Å². The van der Waals surface area contributed by atoms with Gasteiger partial charge in [-0.2, -0.15) is 5.10 Å². The van der Waals surface area contributed by atoms with E-state index in [1.54, 1.807) is 0 Å². The minimum Gasteiger partial charge on any atom is -0.330 e. The van der Waals surface area contributed by atoms with E-state index >= 15 is 0 Å². The van der Waals surface area contributed by atoms with E-state index in [4.69, 9.17) is 5.73 Å². The molecule has 0 atom stereocenters. The van der Waals surface area contributed by atoms with E-state index in [0.717, 1.165) is 0 Å². The fraction of sp³-hybridized carbons (Fsp3) is 0.500. The van der Waals surface area contributed by atoms with Crippen LogP contribution in [0.1, 0.15) is 6.42 Å². The predicted octanol–water partition coefficient (Wildman–Crippen LogP) is -1.72. The largest absolute Gasteiger partial charge is 0.330 e. The molecule has 66 valence electrons. The first-order valence-electron chi connectivity index (χ1n) is 3.60. The summed E-state index contributed by atoms with van der Waals surface area (Å²) in [5.74, 6) is 0. The standard InChI is InChI=1S/C6H10N4O2/c7-2-1-3-10-4-8-9-5(11)6(10)12/h4H,1-3,7H2,(H,9,11). The minimum atomic E-state index is -0.700. The summed E-state index contributed by atoms with van der Waals surface area (Å²) in [7, 11) is 0. The van der Waals surface area contributed by atoms with Crippen LogP contribution < -0.4 is 16.9 Å². The Kier molecular flexibility index (Phi) is 2.76. The van der Waals surface area contributed by atoms with E-state index in [1.807, 2.05) is 5.10 Å². The highest BCUT2D eigenvalue weighted by Gasteiger charge is 1.97. The predicted molar refractivity (Wildman–Crippen MR) is 42.8 cm³/mol. The SMILES string of the molecule is NCCCn1cn[nH]c(=O)c1=O. The lowest BCUT2D eigenvalue weighted by Gasteiger charge is -1.99. The average molecular weight is 170 g/mol. The molecule has 6 nitrogen and oxygen atoms in total. The number of H-pyrrole nitrogens is 1. The molecule has 0 aromatic carbocycles. The Morgan fingerprint density at radius 2 is 2.33 bits per heavy atom. The van der Waals surface area contributed by atoms with Gasteiger partial charge < -0.3 is 5.73 Å². The van der Waals surface area contributed by atoms with Crippen molar-refractivity contribution in [2.75, 3.05) is 6.54 Å². The number of nitrogens with one attached hydrogen (secondary N) is 1. The van der Waals surface area contributed by atoms with Crippen LogP contribution >= 0.6 is 0 Å². The van der Waals surface area contributed by atoms with E-state index in [0.29, 0.717) is 19.5 Å². The quantitative estimate of drug-likeness (QED) is 0.527. The van der Waals surface area contributed by atoms with Crippen molar-refractivity contribution in [1.82, 2.24) is 14.8 Å². The van der Waals surface area contributed by atoms with Crippen LogP contribution in [0.5, 0.6) is 0 Å². The number of rotatable bonds is 3. The summed E-state index contributed by atoms with van der Waals surface area (Å²) in [6.45, 7) is 0.922. The van der Waals surface area contributed by atoms with Crippen LogP contribution in [0.15, 0.2) is 15.9 Å². The maximum atomic E-state index is 11.0. The molecule has 0 aliphatic rings. The van der Waals surface area contributed by atoms with Crippen molar-refractivity contribution in [2.45, 2.75) is 13.0 Å². The van der Waals surface area contributed by atoms with Crippen LogP contribution in [0, 0.1) is 0 Å². The monoisotopic (exact) mass is 170 g/mol. The normalized spacial score (nSPS) is 10.1. The number of nitrogens with two attached hydrogens (primary N) is 1. The third kappa shape index (κ3) is 1.79. The summed E-state index contributed by atoms with van der Waals surface area (Å²) in [6, 6.07) is 0. The van der Waals surface area contributed by atoms with Gasteiger partial charge in [-0.1, -0.05) is 0 Å². The van der Waals surface area contributed by atoms with Crippen molar-refractivity contribution in [3.8, 4) is 0 Å². The smallest absolute Gasteiger partial charge is 0.330 e. The molecule has 12 heavy (non-hydrogen) atoms. The zero-order valence-electron chi connectivity index (χ0n) is 6.49. The second kappa shape index (κ2) is 3.82. The van der Waals surface area contributed by atoms with Gasteiger partial charge in [-0.3, -0.25) is 14.2 Å². The molecule has 0 amide bonds. The third-order valence-electron chi connectivity index (χ3n) is 1.42. The first kappa shape index (κ1) is 8.66. The summed E-state index contributed by atoms with van der Waals surface area (Å²) < 4.78 is 1.24. The highest BCUT2D eigenvalue weighted by atomic mass is 16.2. The maximum Gasteiger partial charge on any atom is 0.330 e. The first-order valence-corrected chi connectivity index (χ1v) is 3.60. The number of aryl methyl sites for hydroxylation is 1. The number of aromatic nitrogens is 3. The molecule has 0 saturated carbocycles. The van der Waals surface area contributed by atoms with Crippen molar-refractivity contribution >= 4 is 0 Å². The highest BCUT2D eigenvalue weighted by Crippen LogP contribution is 1.78. The van der Waals surface area contributed by atoms with Gasteiger partial charge in [-0.05, 0) is 13.0 Å². The van der Waals surface area contributed by atoms with E-state index in [-0.39, 0.29) is 0 Å². The lowest BCUT2D eigenvalue weighted by molar-refractivity contribution is 0.599. The van der Waals surface area contributed by atoms with Crippen molar-refractivity contribution < 1.29 is 0 Å². The molecule has 1 heterocycles. The Bertz CT molecular complexity index is 353. The number of hydrogen-bond acceptors (Lipinski definition) is 4. The van der Waals surface area contributed by atoms with Gasteiger partial charge in [-0.15, -0.1) is 0 Å². The number of hydrogen-bond donors (Lipinski definition) is 2. The molecular weight excluding hydrogens is 160 g/mol. The second-order valence-electron chi connectivity index (χ2n) is 2.33. The molecule has 1 rings (SSSR count). The van der Waals surface area contributed by atoms with Gasteiger partial charge in [0, 0.05) is 6.54 Å². The lowest BCUT2D eigenvalue weighted by Crippen LogP contribution is -2.36. The van der Waals surface area contributed by atoms with Crippen LogP contribution in [0.3, 0.4) is 0 Å². The van der Waals surface area contributed by atoms with E-state index < -0.39 is 11.1 Å². The topological polar surface area (TPSA) is 93.8 Å². The molecule has 6 heteroatoms. The van der Waals surface area contributed by atoms with Crippen LogP contribution in [0.25, 0.3) is 0 Å². The highest BCUT2D eigenvalue weighted by molar-refractivity contribution is 4.73. The lowest BCUT2D eigenvalue weighted by atomic mass is 10.4. The zero-order valence-corrected chi connectivity index (χ0v) is 6.49. The van der Waals surface area contributed by atoms with Gasteiger partial charge in [0.25, 0.3) is 0 Å². The zero-order chi connectivity index (χ0) is 8.97. The van der Waals surface area contributed by atoms with Crippen molar-refractivity contribution in [2.24, 2.45) is 5.73 Å². The first-order chi connectivity index (χ1) is 5.75. The van der Waals surface area contributed by atoms with E-state index in [9.17, 15) is 9.59 Å². The molecule has 0 bridgehead atoms. The summed E-state index contributed by atoms with van der Waals surface area (Å²) in [6.07, 6.45) is 1.95. The molecule has 0 aliphatic carbocycles. The maximum absolute atomic E-state index is 11.0. The van der Waals surface area contributed by atoms with Crippen LogP contribution in [-0.2, 0) is 6.54 Å².